The van der Waals surface area contributed by atoms with E-state index < -0.39 is 0 Å². The molecule has 0 fully saturated rings. The van der Waals surface area contributed by atoms with Crippen molar-refractivity contribution >= 4 is 34.5 Å². The van der Waals surface area contributed by atoms with E-state index in [2.05, 4.69) is 15.6 Å². The number of rotatable bonds is 5. The maximum atomic E-state index is 12.3. The zero-order valence-corrected chi connectivity index (χ0v) is 16.6. The molecule has 2 aromatic heterocycles. The average molecular weight is 406 g/mol. The Kier molecular flexibility index (Phi) is 5.44. The van der Waals surface area contributed by atoms with Crippen molar-refractivity contribution in [3.63, 3.8) is 0 Å². The zero-order chi connectivity index (χ0) is 20.2. The molecule has 2 aromatic carbocycles. The Bertz CT molecular complexity index is 1160. The molecule has 0 aliphatic carbocycles. The number of amides is 2. The number of halogens is 1. The average Bonchev–Trinajstić information content (AvgIpc) is 3.10. The fourth-order valence-electron chi connectivity index (χ4n) is 3.17. The van der Waals surface area contributed by atoms with Crippen LogP contribution >= 0.6 is 11.6 Å². The molecule has 0 aliphatic heterocycles. The number of carbonyl (C=O) groups excluding carboxylic acids is 1. The highest BCUT2D eigenvalue weighted by molar-refractivity contribution is 6.31. The minimum atomic E-state index is -0.282. The van der Waals surface area contributed by atoms with Crippen LogP contribution in [0.4, 0.5) is 10.5 Å². The van der Waals surface area contributed by atoms with Gasteiger partial charge in [-0.2, -0.15) is 0 Å². The minimum Gasteiger partial charge on any atom is -0.337 e. The summed E-state index contributed by atoms with van der Waals surface area (Å²) in [5, 5.41) is 6.34. The van der Waals surface area contributed by atoms with E-state index in [-0.39, 0.29) is 6.03 Å². The predicted octanol–water partition coefficient (Wildman–Crippen LogP) is 4.75. The Morgan fingerprint density at radius 2 is 1.90 bits per heavy atom. The normalized spacial score (nSPS) is 10.8. The molecular weight excluding hydrogens is 386 g/mol. The number of benzene rings is 2. The van der Waals surface area contributed by atoms with Crippen molar-refractivity contribution in [1.82, 2.24) is 19.9 Å². The molecule has 4 rings (SSSR count). The number of para-hydroxylation sites is 1. The summed E-state index contributed by atoms with van der Waals surface area (Å²) in [5.41, 5.74) is 4.14. The van der Waals surface area contributed by atoms with Crippen LogP contribution in [0.15, 0.2) is 66.9 Å². The maximum Gasteiger partial charge on any atom is 0.319 e. The van der Waals surface area contributed by atoms with Gasteiger partial charge in [-0.25, -0.2) is 14.8 Å². The van der Waals surface area contributed by atoms with Crippen molar-refractivity contribution in [3.8, 4) is 5.69 Å². The highest BCUT2D eigenvalue weighted by Crippen LogP contribution is 2.23. The number of carbonyl (C=O) groups is 1. The van der Waals surface area contributed by atoms with Crippen LogP contribution in [0.3, 0.4) is 0 Å². The first-order valence-electron chi connectivity index (χ1n) is 9.31. The third-order valence-electron chi connectivity index (χ3n) is 4.65. The molecule has 0 aliphatic rings. The fourth-order valence-corrected chi connectivity index (χ4v) is 3.35. The van der Waals surface area contributed by atoms with Crippen molar-refractivity contribution < 1.29 is 4.79 Å². The molecular formula is C22H20ClN5O. The number of hydrogen-bond acceptors (Lipinski definition) is 3. The quantitative estimate of drug-likeness (QED) is 0.503. The molecule has 2 amide bonds. The topological polar surface area (TPSA) is 71.8 Å². The third kappa shape index (κ3) is 4.07. The lowest BCUT2D eigenvalue weighted by Crippen LogP contribution is -2.31. The standard InChI is InChI=1S/C22H20ClN5O/c1-15-17(23)9-5-10-18(15)27-22(29)25-14-12-20-26-19-11-6-13-24-21(19)28(20)16-7-3-2-4-8-16/h2-11,13H,12,14H2,1H3,(H2,25,27,29). The van der Waals surface area contributed by atoms with Crippen molar-refractivity contribution in [2.75, 3.05) is 11.9 Å². The smallest absolute Gasteiger partial charge is 0.319 e. The summed E-state index contributed by atoms with van der Waals surface area (Å²) < 4.78 is 2.02. The monoisotopic (exact) mass is 405 g/mol. The van der Waals surface area contributed by atoms with Gasteiger partial charge in [0.1, 0.15) is 11.3 Å². The molecule has 0 spiro atoms. The third-order valence-corrected chi connectivity index (χ3v) is 5.06. The second-order valence-electron chi connectivity index (χ2n) is 6.59. The molecule has 0 radical (unpaired) electrons. The van der Waals surface area contributed by atoms with Gasteiger partial charge in [0.2, 0.25) is 0 Å². The van der Waals surface area contributed by atoms with Crippen LogP contribution in [0.5, 0.6) is 0 Å². The first-order valence-corrected chi connectivity index (χ1v) is 9.69. The fraction of sp³-hybridized carbons (Fsp3) is 0.136. The largest absolute Gasteiger partial charge is 0.337 e. The SMILES string of the molecule is Cc1c(Cl)cccc1NC(=O)NCCc1nc2cccnc2n1-c1ccccc1. The summed E-state index contributed by atoms with van der Waals surface area (Å²) in [5.74, 6) is 0.837. The molecule has 29 heavy (non-hydrogen) atoms. The summed E-state index contributed by atoms with van der Waals surface area (Å²) in [6, 6.07) is 18.9. The Balaban J connectivity index is 1.49. The van der Waals surface area contributed by atoms with Crippen LogP contribution < -0.4 is 10.6 Å². The lowest BCUT2D eigenvalue weighted by molar-refractivity contribution is 0.252. The Morgan fingerprint density at radius 3 is 2.72 bits per heavy atom. The Hall–Kier alpha value is -3.38. The molecule has 6 nitrogen and oxygen atoms in total. The minimum absolute atomic E-state index is 0.282. The van der Waals surface area contributed by atoms with Crippen LogP contribution in [-0.2, 0) is 6.42 Å². The maximum absolute atomic E-state index is 12.3. The number of nitrogens with one attached hydrogen (secondary N) is 2. The first kappa shape index (κ1) is 19.0. The van der Waals surface area contributed by atoms with Gasteiger partial charge in [0.15, 0.2) is 5.65 Å². The number of urea groups is 1. The van der Waals surface area contributed by atoms with Crippen LogP contribution in [0.1, 0.15) is 11.4 Å². The van der Waals surface area contributed by atoms with Crippen LogP contribution in [0, 0.1) is 6.92 Å². The van der Waals surface area contributed by atoms with Crippen LogP contribution in [-0.4, -0.2) is 27.1 Å². The van der Waals surface area contributed by atoms with Crippen LogP contribution in [0.25, 0.3) is 16.9 Å². The van der Waals surface area contributed by atoms with Crippen molar-refractivity contribution in [3.05, 3.63) is 83.3 Å². The van der Waals surface area contributed by atoms with Crippen LogP contribution in [0.2, 0.25) is 5.02 Å². The number of fused-ring (bicyclic) bond motifs is 1. The summed E-state index contributed by atoms with van der Waals surface area (Å²) in [6.07, 6.45) is 2.32. The van der Waals surface area contributed by atoms with Gasteiger partial charge in [0.25, 0.3) is 0 Å². The summed E-state index contributed by atoms with van der Waals surface area (Å²) in [4.78, 5) is 21.5. The van der Waals surface area contributed by atoms with E-state index in [0.717, 1.165) is 28.2 Å². The number of pyridine rings is 1. The van der Waals surface area contributed by atoms with E-state index in [1.807, 2.05) is 60.0 Å². The number of imidazole rings is 1. The highest BCUT2D eigenvalue weighted by atomic mass is 35.5. The second kappa shape index (κ2) is 8.32. The second-order valence-corrected chi connectivity index (χ2v) is 7.00. The van der Waals surface area contributed by atoms with E-state index in [9.17, 15) is 4.79 Å². The Labute approximate surface area is 173 Å². The van der Waals surface area contributed by atoms with Gasteiger partial charge in [0.05, 0.1) is 0 Å². The summed E-state index contributed by atoms with van der Waals surface area (Å²) in [7, 11) is 0. The number of anilines is 1. The molecule has 0 atom stereocenters. The summed E-state index contributed by atoms with van der Waals surface area (Å²) in [6.45, 7) is 2.30. The molecule has 2 heterocycles. The number of nitrogens with zero attached hydrogens (tertiary/aromatic N) is 3. The number of aromatic nitrogens is 3. The van der Waals surface area contributed by atoms with E-state index in [1.165, 1.54) is 0 Å². The molecule has 7 heteroatoms. The van der Waals surface area contributed by atoms with Gasteiger partial charge in [0, 0.05) is 35.6 Å². The van der Waals surface area contributed by atoms with E-state index >= 15 is 0 Å². The van der Waals surface area contributed by atoms with Gasteiger partial charge in [-0.15, -0.1) is 0 Å². The van der Waals surface area contributed by atoms with E-state index in [1.54, 1.807) is 18.3 Å². The molecule has 0 saturated heterocycles. The zero-order valence-electron chi connectivity index (χ0n) is 15.9. The van der Waals surface area contributed by atoms with Gasteiger partial charge >= 0.3 is 6.03 Å². The van der Waals surface area contributed by atoms with E-state index in [4.69, 9.17) is 16.6 Å². The summed E-state index contributed by atoms with van der Waals surface area (Å²) >= 11 is 6.11. The molecule has 4 aromatic rings. The first-order chi connectivity index (χ1) is 14.1. The van der Waals surface area contributed by atoms with Gasteiger partial charge < -0.3 is 10.6 Å². The molecule has 146 valence electrons. The van der Waals surface area contributed by atoms with Crippen molar-refractivity contribution in [2.24, 2.45) is 0 Å². The van der Waals surface area contributed by atoms with E-state index in [0.29, 0.717) is 23.7 Å². The van der Waals surface area contributed by atoms with Gasteiger partial charge in [-0.3, -0.25) is 4.57 Å². The Morgan fingerprint density at radius 1 is 1.07 bits per heavy atom. The molecule has 0 unspecified atom stereocenters. The van der Waals surface area contributed by atoms with Gasteiger partial charge in [-0.1, -0.05) is 35.9 Å². The lowest BCUT2D eigenvalue weighted by Gasteiger charge is -2.11. The van der Waals surface area contributed by atoms with Gasteiger partial charge in [-0.05, 0) is 48.9 Å². The lowest BCUT2D eigenvalue weighted by atomic mass is 10.2. The highest BCUT2D eigenvalue weighted by Gasteiger charge is 2.13. The predicted molar refractivity (Wildman–Crippen MR) is 116 cm³/mol. The molecule has 2 N–H and O–H groups in total. The van der Waals surface area contributed by atoms with Crippen molar-refractivity contribution in [2.45, 2.75) is 13.3 Å². The molecule has 0 bridgehead atoms. The molecule has 0 saturated carbocycles. The van der Waals surface area contributed by atoms with Crippen molar-refractivity contribution in [1.29, 1.82) is 0 Å². The number of hydrogen-bond donors (Lipinski definition) is 2.